The molecule has 9 heteroatoms. The first-order valence-electron chi connectivity index (χ1n) is 4.74. The van der Waals surface area contributed by atoms with Crippen molar-refractivity contribution >= 4 is 34.7 Å². The first-order valence-corrected chi connectivity index (χ1v) is 5.12. The normalized spacial score (nSPS) is 17.4. The van der Waals surface area contributed by atoms with Crippen molar-refractivity contribution in [1.29, 1.82) is 0 Å². The summed E-state index contributed by atoms with van der Waals surface area (Å²) in [6, 6.07) is 1.39. The predicted molar refractivity (Wildman–Crippen MR) is 58.4 cm³/mol. The van der Waals surface area contributed by atoms with Gasteiger partial charge in [-0.3, -0.25) is 9.59 Å². The zero-order valence-electron chi connectivity index (χ0n) is 8.88. The van der Waals surface area contributed by atoms with E-state index in [2.05, 4.69) is 5.16 Å². The van der Waals surface area contributed by atoms with Crippen LogP contribution in [0.2, 0.25) is 5.02 Å². The third-order valence-electron chi connectivity index (χ3n) is 2.44. The van der Waals surface area contributed by atoms with Crippen LogP contribution in [-0.2, 0) is 15.8 Å². The lowest BCUT2D eigenvalue weighted by Gasteiger charge is -2.19. The van der Waals surface area contributed by atoms with Gasteiger partial charge in [-0.25, -0.2) is 0 Å². The first-order chi connectivity index (χ1) is 8.75. The fourth-order valence-corrected chi connectivity index (χ4v) is 1.87. The summed E-state index contributed by atoms with van der Waals surface area (Å²) in [6.07, 6.45) is -4.71. The molecular weight excluding hydrogens is 289 g/mol. The Morgan fingerprint density at radius 1 is 1.26 bits per heavy atom. The number of anilines is 1. The first kappa shape index (κ1) is 13.3. The second-order valence-corrected chi connectivity index (χ2v) is 4.01. The lowest BCUT2D eigenvalue weighted by atomic mass is 9.97. The van der Waals surface area contributed by atoms with Crippen molar-refractivity contribution in [2.45, 2.75) is 6.18 Å². The molecule has 0 aromatic heterocycles. The van der Waals surface area contributed by atoms with Gasteiger partial charge in [0, 0.05) is 5.56 Å². The summed E-state index contributed by atoms with van der Waals surface area (Å²) in [7, 11) is 0. The van der Waals surface area contributed by atoms with Gasteiger partial charge < -0.3 is 10.5 Å². The Morgan fingerprint density at radius 3 is 2.42 bits per heavy atom. The third-order valence-corrected chi connectivity index (χ3v) is 2.75. The van der Waals surface area contributed by atoms with Gasteiger partial charge in [0.15, 0.2) is 5.71 Å². The van der Waals surface area contributed by atoms with Crippen molar-refractivity contribution in [3.8, 4) is 0 Å². The van der Waals surface area contributed by atoms with Crippen molar-refractivity contribution in [1.82, 2.24) is 0 Å². The lowest BCUT2D eigenvalue weighted by Crippen LogP contribution is -2.36. The number of benzene rings is 1. The Balaban J connectivity index is 2.69. The van der Waals surface area contributed by atoms with Gasteiger partial charge in [-0.2, -0.15) is 13.2 Å². The zero-order chi connectivity index (χ0) is 14.4. The van der Waals surface area contributed by atoms with Crippen LogP contribution in [-0.4, -0.2) is 22.6 Å². The van der Waals surface area contributed by atoms with E-state index < -0.39 is 34.2 Å². The number of carbonyl (C=O) groups excluding carboxylic acids is 2. The minimum atomic E-state index is -4.71. The van der Waals surface area contributed by atoms with Crippen LogP contribution in [0.1, 0.15) is 11.1 Å². The summed E-state index contributed by atoms with van der Waals surface area (Å²) >= 11 is 5.47. The Morgan fingerprint density at radius 2 is 1.89 bits per heavy atom. The van der Waals surface area contributed by atoms with Crippen LogP contribution in [0, 0.1) is 0 Å². The number of carbonyl (C=O) groups is 2. The molecule has 0 aliphatic carbocycles. The van der Waals surface area contributed by atoms with Crippen LogP contribution in [0.4, 0.5) is 18.9 Å². The molecule has 0 spiro atoms. The van der Waals surface area contributed by atoms with Crippen molar-refractivity contribution in [2.24, 2.45) is 5.16 Å². The highest BCUT2D eigenvalue weighted by atomic mass is 35.5. The standard InChI is InChI=1S/C10H4ClF3N2O3/c11-5-1-3-6(2-4(5)10(12,13)14)15-9(18)8(17)7(3)16-19/h1-2,19H,(H,15,18)/b16-7-. The number of hydrogen-bond acceptors (Lipinski definition) is 4. The average molecular weight is 293 g/mol. The fourth-order valence-electron chi connectivity index (χ4n) is 1.60. The molecule has 0 fully saturated rings. The van der Waals surface area contributed by atoms with E-state index in [-0.39, 0.29) is 11.3 Å². The van der Waals surface area contributed by atoms with Gasteiger partial charge >= 0.3 is 6.18 Å². The van der Waals surface area contributed by atoms with E-state index in [1.165, 1.54) is 0 Å². The average Bonchev–Trinajstić information content (AvgIpc) is 2.30. The zero-order valence-corrected chi connectivity index (χ0v) is 9.63. The van der Waals surface area contributed by atoms with E-state index in [1.54, 1.807) is 0 Å². The predicted octanol–water partition coefficient (Wildman–Crippen LogP) is 2.06. The van der Waals surface area contributed by atoms with E-state index >= 15 is 0 Å². The number of halogens is 4. The Hall–Kier alpha value is -2.09. The number of oxime groups is 1. The van der Waals surface area contributed by atoms with Crippen LogP contribution in [0.5, 0.6) is 0 Å². The van der Waals surface area contributed by atoms with Crippen LogP contribution in [0.25, 0.3) is 0 Å². The molecule has 1 aromatic rings. The molecule has 2 N–H and O–H groups in total. The molecule has 1 aliphatic heterocycles. The maximum Gasteiger partial charge on any atom is 0.417 e. The Kier molecular flexibility index (Phi) is 2.97. The second kappa shape index (κ2) is 4.23. The lowest BCUT2D eigenvalue weighted by molar-refractivity contribution is -0.137. The fraction of sp³-hybridized carbons (Fsp3) is 0.100. The number of alkyl halides is 3. The quantitative estimate of drug-likeness (QED) is 0.436. The van der Waals surface area contributed by atoms with E-state index in [9.17, 15) is 22.8 Å². The third kappa shape index (κ3) is 2.14. The highest BCUT2D eigenvalue weighted by Crippen LogP contribution is 2.38. The summed E-state index contributed by atoms with van der Waals surface area (Å²) in [5.74, 6) is -2.35. The molecule has 0 saturated heterocycles. The van der Waals surface area contributed by atoms with Gasteiger partial charge in [0.1, 0.15) is 0 Å². The summed E-state index contributed by atoms with van der Waals surface area (Å²) in [5, 5.41) is 12.6. The molecule has 0 atom stereocenters. The molecule has 0 bridgehead atoms. The topological polar surface area (TPSA) is 78.8 Å². The molecule has 1 amide bonds. The van der Waals surface area contributed by atoms with Crippen molar-refractivity contribution in [3.63, 3.8) is 0 Å². The molecule has 1 aliphatic rings. The molecule has 0 saturated carbocycles. The van der Waals surface area contributed by atoms with Crippen LogP contribution >= 0.6 is 11.6 Å². The smallest absolute Gasteiger partial charge is 0.410 e. The molecule has 1 aromatic carbocycles. The minimum Gasteiger partial charge on any atom is -0.410 e. The second-order valence-electron chi connectivity index (χ2n) is 3.61. The summed E-state index contributed by atoms with van der Waals surface area (Å²) in [6.45, 7) is 0. The van der Waals surface area contributed by atoms with Crippen molar-refractivity contribution in [3.05, 3.63) is 28.3 Å². The number of nitrogens with zero attached hydrogens (tertiary/aromatic N) is 1. The highest BCUT2D eigenvalue weighted by molar-refractivity contribution is 6.72. The molecular formula is C10H4ClF3N2O3. The Bertz CT molecular complexity index is 625. The van der Waals surface area contributed by atoms with Gasteiger partial charge in [0.05, 0.1) is 16.3 Å². The van der Waals surface area contributed by atoms with E-state index in [1.807, 2.05) is 5.32 Å². The van der Waals surface area contributed by atoms with Gasteiger partial charge in [0.25, 0.3) is 11.7 Å². The molecule has 1 heterocycles. The monoisotopic (exact) mass is 292 g/mol. The minimum absolute atomic E-state index is 0.176. The van der Waals surface area contributed by atoms with Gasteiger partial charge in [-0.05, 0) is 12.1 Å². The van der Waals surface area contributed by atoms with Crippen molar-refractivity contribution < 1.29 is 28.0 Å². The maximum absolute atomic E-state index is 12.6. The number of hydrogen-bond donors (Lipinski definition) is 2. The van der Waals surface area contributed by atoms with Crippen LogP contribution in [0.3, 0.4) is 0 Å². The van der Waals surface area contributed by atoms with Gasteiger partial charge in [-0.1, -0.05) is 16.8 Å². The number of ketones is 1. The maximum atomic E-state index is 12.6. The number of amides is 1. The number of nitrogens with one attached hydrogen (secondary N) is 1. The Labute approximate surface area is 108 Å². The number of Topliss-reactive ketones (excluding diaryl/α,β-unsaturated/α-hetero) is 1. The van der Waals surface area contributed by atoms with Gasteiger partial charge in [-0.15, -0.1) is 0 Å². The number of fused-ring (bicyclic) bond motifs is 1. The summed E-state index contributed by atoms with van der Waals surface area (Å²) < 4.78 is 37.9. The van der Waals surface area contributed by atoms with Crippen LogP contribution in [0.15, 0.2) is 17.3 Å². The molecule has 100 valence electrons. The molecule has 0 unspecified atom stereocenters. The van der Waals surface area contributed by atoms with E-state index in [0.29, 0.717) is 6.07 Å². The van der Waals surface area contributed by atoms with Gasteiger partial charge in [0.2, 0.25) is 0 Å². The molecule has 0 radical (unpaired) electrons. The highest BCUT2D eigenvalue weighted by Gasteiger charge is 2.37. The van der Waals surface area contributed by atoms with E-state index in [0.717, 1.165) is 6.07 Å². The van der Waals surface area contributed by atoms with Crippen LogP contribution < -0.4 is 5.32 Å². The largest absolute Gasteiger partial charge is 0.417 e. The molecule has 19 heavy (non-hydrogen) atoms. The summed E-state index contributed by atoms with van der Waals surface area (Å²) in [4.78, 5) is 22.5. The summed E-state index contributed by atoms with van der Waals surface area (Å²) in [5.41, 5.74) is -2.30. The van der Waals surface area contributed by atoms with Crippen molar-refractivity contribution in [2.75, 3.05) is 5.32 Å². The SMILES string of the molecule is O=C1Nc2cc(C(F)(F)F)c(Cl)cc2/C(=N/O)C1=O. The number of rotatable bonds is 0. The molecule has 2 rings (SSSR count). The molecule has 5 nitrogen and oxygen atoms in total. The van der Waals surface area contributed by atoms with E-state index in [4.69, 9.17) is 16.8 Å².